The molecule has 1 N–H and O–H groups in total. The van der Waals surface area contributed by atoms with Crippen LogP contribution in [0, 0.1) is 29.6 Å². The topological polar surface area (TPSA) is 12.0 Å². The Morgan fingerprint density at radius 2 is 1.25 bits per heavy atom. The molecule has 0 saturated heterocycles. The quantitative estimate of drug-likeness (QED) is 0.673. The van der Waals surface area contributed by atoms with E-state index in [2.05, 4.69) is 53.8 Å². The molecule has 0 spiro atoms. The molecule has 0 radical (unpaired) electrons. The van der Waals surface area contributed by atoms with Crippen LogP contribution in [0.1, 0.15) is 49.9 Å². The second-order valence-corrected chi connectivity index (χ2v) is 6.73. The van der Waals surface area contributed by atoms with E-state index < -0.39 is 0 Å². The van der Waals surface area contributed by atoms with Crippen molar-refractivity contribution in [2.45, 2.75) is 54.0 Å². The van der Waals surface area contributed by atoms with Crippen molar-refractivity contribution in [1.82, 2.24) is 5.32 Å². The maximum Gasteiger partial charge on any atom is 1.00 e. The van der Waals surface area contributed by atoms with E-state index >= 15 is 0 Å². The smallest absolute Gasteiger partial charge is 1.00 e. The number of rotatable bonds is 2. The summed E-state index contributed by atoms with van der Waals surface area (Å²) in [5, 5.41) is 3.67. The van der Waals surface area contributed by atoms with Gasteiger partial charge in [-0.1, -0.05) is 27.7 Å². The van der Waals surface area contributed by atoms with E-state index in [4.69, 9.17) is 0 Å². The van der Waals surface area contributed by atoms with Crippen LogP contribution in [0.2, 0.25) is 0 Å². The summed E-state index contributed by atoms with van der Waals surface area (Å²) in [4.78, 5) is 0. The minimum atomic E-state index is 0. The molecule has 4 atom stereocenters. The van der Waals surface area contributed by atoms with E-state index in [-0.39, 0.29) is 25.8 Å². The predicted molar refractivity (Wildman–Crippen MR) is 69.0 cm³/mol. The van der Waals surface area contributed by atoms with Gasteiger partial charge in [-0.2, -0.15) is 0 Å². The molecule has 1 aliphatic rings. The Labute approximate surface area is 116 Å². The monoisotopic (exact) mass is 219 g/mol. The van der Waals surface area contributed by atoms with E-state index in [1.165, 1.54) is 6.54 Å². The standard InChI is InChI=1S/C14H29N.Li.H/c1-9-10(2)12(4)13(11(9)3)8-15-14(5,6)7;;/h9-13,15H,8H2,1-7H3;;/q;+1;-1. The van der Waals surface area contributed by atoms with Gasteiger partial charge in [-0.3, -0.25) is 0 Å². The molecular weight excluding hydrogens is 189 g/mol. The Kier molecular flexibility index (Phi) is 6.15. The van der Waals surface area contributed by atoms with E-state index in [1.54, 1.807) is 0 Å². The van der Waals surface area contributed by atoms with Crippen LogP contribution in [0.3, 0.4) is 0 Å². The third-order valence-corrected chi connectivity index (χ3v) is 4.71. The van der Waals surface area contributed by atoms with Crippen molar-refractivity contribution in [3.05, 3.63) is 0 Å². The normalized spacial score (nSPS) is 39.6. The van der Waals surface area contributed by atoms with Crippen LogP contribution in [-0.4, -0.2) is 12.1 Å². The van der Waals surface area contributed by atoms with Gasteiger partial charge in [0.15, 0.2) is 0 Å². The second kappa shape index (κ2) is 5.94. The molecular formula is C14H30LiN. The summed E-state index contributed by atoms with van der Waals surface area (Å²) in [5.41, 5.74) is 0.258. The number of nitrogens with one attached hydrogen (secondary N) is 1. The van der Waals surface area contributed by atoms with E-state index in [1.807, 2.05) is 0 Å². The Balaban J connectivity index is 0. The van der Waals surface area contributed by atoms with E-state index in [0.717, 1.165) is 29.6 Å². The molecule has 0 aromatic carbocycles. The number of hydrogen-bond acceptors (Lipinski definition) is 1. The van der Waals surface area contributed by atoms with Gasteiger partial charge in [-0.25, -0.2) is 0 Å². The molecule has 2 heteroatoms. The molecule has 0 bridgehead atoms. The number of hydrogen-bond donors (Lipinski definition) is 1. The minimum absolute atomic E-state index is 0. The summed E-state index contributed by atoms with van der Waals surface area (Å²) < 4.78 is 0. The van der Waals surface area contributed by atoms with Crippen LogP contribution in [0.25, 0.3) is 0 Å². The van der Waals surface area contributed by atoms with Gasteiger partial charge in [0.05, 0.1) is 0 Å². The first kappa shape index (κ1) is 16.6. The van der Waals surface area contributed by atoms with Crippen molar-refractivity contribution in [2.24, 2.45) is 29.6 Å². The predicted octanol–water partition coefficient (Wildman–Crippen LogP) is 0.665. The van der Waals surface area contributed by atoms with Gasteiger partial charge in [-0.15, -0.1) is 0 Å². The largest absolute Gasteiger partial charge is 1.00 e. The van der Waals surface area contributed by atoms with Crippen LogP contribution in [0.15, 0.2) is 0 Å². The Hall–Kier alpha value is 0.557. The Bertz CT molecular complexity index is 201. The first-order valence-corrected chi connectivity index (χ1v) is 6.49. The molecule has 1 aliphatic carbocycles. The molecule has 0 aromatic heterocycles. The second-order valence-electron chi connectivity index (χ2n) is 6.73. The SMILES string of the molecule is CC1C(C)C(C)C(CNC(C)(C)C)C1C.[H-].[Li+]. The third kappa shape index (κ3) is 3.79. The first-order chi connectivity index (χ1) is 6.74. The average molecular weight is 219 g/mol. The maximum atomic E-state index is 3.67. The summed E-state index contributed by atoms with van der Waals surface area (Å²) in [6.07, 6.45) is 0. The molecule has 16 heavy (non-hydrogen) atoms. The van der Waals surface area contributed by atoms with Crippen molar-refractivity contribution >= 4 is 0 Å². The average Bonchev–Trinajstić information content (AvgIpc) is 2.28. The zero-order chi connectivity index (χ0) is 11.8. The van der Waals surface area contributed by atoms with Gasteiger partial charge in [0.2, 0.25) is 0 Å². The van der Waals surface area contributed by atoms with Gasteiger partial charge in [-0.05, 0) is 56.9 Å². The summed E-state index contributed by atoms with van der Waals surface area (Å²) in [7, 11) is 0. The third-order valence-electron chi connectivity index (χ3n) is 4.71. The zero-order valence-corrected chi connectivity index (χ0v) is 12.6. The fourth-order valence-corrected chi connectivity index (χ4v) is 3.01. The van der Waals surface area contributed by atoms with E-state index in [0.29, 0.717) is 0 Å². The van der Waals surface area contributed by atoms with Crippen molar-refractivity contribution in [2.75, 3.05) is 6.54 Å². The van der Waals surface area contributed by atoms with Crippen molar-refractivity contribution in [1.29, 1.82) is 0 Å². The molecule has 0 amide bonds. The molecule has 1 fully saturated rings. The summed E-state index contributed by atoms with van der Waals surface area (Å²) in [6, 6.07) is 0. The fraction of sp³-hybridized carbons (Fsp3) is 1.00. The fourth-order valence-electron chi connectivity index (χ4n) is 3.01. The maximum absolute atomic E-state index is 3.67. The zero-order valence-electron chi connectivity index (χ0n) is 13.6. The van der Waals surface area contributed by atoms with Crippen molar-refractivity contribution < 1.29 is 20.3 Å². The van der Waals surface area contributed by atoms with Gasteiger partial charge in [0, 0.05) is 5.54 Å². The van der Waals surface area contributed by atoms with Crippen LogP contribution in [0.4, 0.5) is 0 Å². The molecule has 4 unspecified atom stereocenters. The van der Waals surface area contributed by atoms with Gasteiger partial charge < -0.3 is 6.74 Å². The summed E-state index contributed by atoms with van der Waals surface area (Å²) >= 11 is 0. The van der Waals surface area contributed by atoms with Crippen molar-refractivity contribution in [3.8, 4) is 0 Å². The van der Waals surface area contributed by atoms with Gasteiger partial charge in [0.25, 0.3) is 0 Å². The summed E-state index contributed by atoms with van der Waals surface area (Å²) in [5.74, 6) is 4.35. The van der Waals surface area contributed by atoms with Crippen LogP contribution in [0.5, 0.6) is 0 Å². The van der Waals surface area contributed by atoms with Crippen LogP contribution >= 0.6 is 0 Å². The van der Waals surface area contributed by atoms with Gasteiger partial charge >= 0.3 is 18.9 Å². The Morgan fingerprint density at radius 3 is 1.56 bits per heavy atom. The van der Waals surface area contributed by atoms with Crippen LogP contribution < -0.4 is 24.2 Å². The molecule has 0 heterocycles. The molecule has 92 valence electrons. The van der Waals surface area contributed by atoms with Gasteiger partial charge in [0.1, 0.15) is 0 Å². The molecule has 0 aromatic rings. The van der Waals surface area contributed by atoms with Crippen LogP contribution in [-0.2, 0) is 0 Å². The molecule has 1 saturated carbocycles. The Morgan fingerprint density at radius 1 is 0.875 bits per heavy atom. The minimum Gasteiger partial charge on any atom is -1.00 e. The van der Waals surface area contributed by atoms with E-state index in [9.17, 15) is 0 Å². The first-order valence-electron chi connectivity index (χ1n) is 6.49. The molecule has 1 rings (SSSR count). The summed E-state index contributed by atoms with van der Waals surface area (Å²) in [6.45, 7) is 17.6. The molecule has 0 aliphatic heterocycles. The molecule has 1 nitrogen and oxygen atoms in total. The van der Waals surface area contributed by atoms with Crippen molar-refractivity contribution in [3.63, 3.8) is 0 Å².